The van der Waals surface area contributed by atoms with Gasteiger partial charge in [0.2, 0.25) is 0 Å². The first-order valence-electron chi connectivity index (χ1n) is 11.3. The fourth-order valence-electron chi connectivity index (χ4n) is 3.88. The zero-order valence-electron chi connectivity index (χ0n) is 17.8. The Morgan fingerprint density at radius 3 is 1.86 bits per heavy atom. The van der Waals surface area contributed by atoms with Gasteiger partial charge in [0.25, 0.3) is 11.8 Å². The average molecular weight is 384 g/mol. The van der Waals surface area contributed by atoms with Crippen LogP contribution in [0.3, 0.4) is 0 Å². The van der Waals surface area contributed by atoms with Gasteiger partial charge in [-0.05, 0) is 44.7 Å². The van der Waals surface area contributed by atoms with Crippen LogP contribution in [-0.2, 0) is 0 Å². The van der Waals surface area contributed by atoms with E-state index in [0.717, 1.165) is 19.3 Å². The minimum absolute atomic E-state index is 0.0650. The van der Waals surface area contributed by atoms with Crippen molar-refractivity contribution in [1.82, 2.24) is 4.90 Å². The van der Waals surface area contributed by atoms with Gasteiger partial charge < -0.3 is 0 Å². The van der Waals surface area contributed by atoms with Crippen molar-refractivity contribution in [2.75, 3.05) is 0 Å². The summed E-state index contributed by atoms with van der Waals surface area (Å²) < 4.78 is 0. The first-order valence-corrected chi connectivity index (χ1v) is 11.3. The van der Waals surface area contributed by atoms with Gasteiger partial charge >= 0.3 is 0 Å². The normalized spacial score (nSPS) is 14.9. The lowest BCUT2D eigenvalue weighted by molar-refractivity contribution is 0.0591. The molecule has 1 aromatic rings. The van der Waals surface area contributed by atoms with E-state index in [1.165, 1.54) is 62.7 Å². The minimum Gasteiger partial charge on any atom is -0.271 e. The molecular formula is C25H37NO2. The molecule has 1 unspecified atom stereocenters. The summed E-state index contributed by atoms with van der Waals surface area (Å²) >= 11 is 0. The number of carbonyl (C=O) groups is 2. The van der Waals surface area contributed by atoms with Crippen molar-refractivity contribution in [3.8, 4) is 0 Å². The Morgan fingerprint density at radius 2 is 1.29 bits per heavy atom. The van der Waals surface area contributed by atoms with E-state index >= 15 is 0 Å². The highest BCUT2D eigenvalue weighted by Gasteiger charge is 2.37. The standard InChI is InChI=1S/C25H37NO2/c1-3-4-5-6-7-8-9-10-11-12-13-14-15-18-21(2)26-24(27)22-19-16-17-20-23(22)25(26)28/h13-14,16-17,19-21H,3-12,15,18H2,1-2H3/b14-13+. The molecule has 2 rings (SSSR count). The van der Waals surface area contributed by atoms with Gasteiger partial charge in [-0.25, -0.2) is 0 Å². The fraction of sp³-hybridized carbons (Fsp3) is 0.600. The topological polar surface area (TPSA) is 37.4 Å². The number of hydrogen-bond donors (Lipinski definition) is 0. The molecule has 1 aromatic carbocycles. The van der Waals surface area contributed by atoms with Gasteiger partial charge in [0.1, 0.15) is 0 Å². The summed E-state index contributed by atoms with van der Waals surface area (Å²) in [4.78, 5) is 26.4. The Bertz CT molecular complexity index is 615. The third kappa shape index (κ3) is 6.61. The molecule has 3 nitrogen and oxygen atoms in total. The molecule has 0 bridgehead atoms. The van der Waals surface area contributed by atoms with E-state index in [0.29, 0.717) is 11.1 Å². The smallest absolute Gasteiger partial charge is 0.261 e. The zero-order chi connectivity index (χ0) is 20.2. The Labute approximate surface area is 171 Å². The van der Waals surface area contributed by atoms with Crippen LogP contribution in [0, 0.1) is 0 Å². The second-order valence-electron chi connectivity index (χ2n) is 8.04. The quantitative estimate of drug-likeness (QED) is 0.198. The molecule has 154 valence electrons. The van der Waals surface area contributed by atoms with Gasteiger partial charge in [-0.3, -0.25) is 14.5 Å². The van der Waals surface area contributed by atoms with Gasteiger partial charge in [-0.1, -0.05) is 82.6 Å². The average Bonchev–Trinajstić information content (AvgIpc) is 2.96. The molecule has 0 N–H and O–H groups in total. The van der Waals surface area contributed by atoms with Crippen LogP contribution in [0.25, 0.3) is 0 Å². The number of unbranched alkanes of at least 4 members (excludes halogenated alkanes) is 9. The summed E-state index contributed by atoms with van der Waals surface area (Å²) in [5.74, 6) is -0.293. The van der Waals surface area contributed by atoms with E-state index in [4.69, 9.17) is 0 Å². The lowest BCUT2D eigenvalue weighted by Gasteiger charge is -2.21. The van der Waals surface area contributed by atoms with Crippen molar-refractivity contribution in [2.45, 2.75) is 96.9 Å². The third-order valence-electron chi connectivity index (χ3n) is 5.66. The van der Waals surface area contributed by atoms with Crippen LogP contribution in [0.5, 0.6) is 0 Å². The largest absolute Gasteiger partial charge is 0.271 e. The molecule has 0 spiro atoms. The molecule has 0 aliphatic carbocycles. The molecule has 1 heterocycles. The maximum atomic E-state index is 12.5. The Hall–Kier alpha value is -1.90. The van der Waals surface area contributed by atoms with Crippen LogP contribution in [0.4, 0.5) is 0 Å². The first-order chi connectivity index (χ1) is 13.7. The highest BCUT2D eigenvalue weighted by atomic mass is 16.2. The van der Waals surface area contributed by atoms with E-state index in [-0.39, 0.29) is 17.9 Å². The predicted molar refractivity (Wildman–Crippen MR) is 117 cm³/mol. The van der Waals surface area contributed by atoms with E-state index in [2.05, 4.69) is 19.1 Å². The molecule has 0 radical (unpaired) electrons. The van der Waals surface area contributed by atoms with Crippen LogP contribution >= 0.6 is 0 Å². The SMILES string of the molecule is CCCCCCCCCCC/C=C/CCC(C)N1C(=O)c2ccccc2C1=O. The van der Waals surface area contributed by atoms with Crippen molar-refractivity contribution in [3.05, 3.63) is 47.5 Å². The summed E-state index contributed by atoms with van der Waals surface area (Å²) in [6.45, 7) is 4.23. The monoisotopic (exact) mass is 383 g/mol. The molecule has 0 saturated heterocycles. The molecule has 0 aromatic heterocycles. The van der Waals surface area contributed by atoms with Crippen LogP contribution in [-0.4, -0.2) is 22.8 Å². The third-order valence-corrected chi connectivity index (χ3v) is 5.66. The van der Waals surface area contributed by atoms with Crippen LogP contribution in [0.1, 0.15) is 112 Å². The van der Waals surface area contributed by atoms with E-state index in [9.17, 15) is 9.59 Å². The lowest BCUT2D eigenvalue weighted by atomic mass is 10.1. The first kappa shape index (κ1) is 22.4. The number of allylic oxidation sites excluding steroid dienone is 2. The summed E-state index contributed by atoms with van der Waals surface area (Å²) in [5.41, 5.74) is 1.08. The molecule has 2 amide bonds. The van der Waals surface area contributed by atoms with Crippen molar-refractivity contribution in [1.29, 1.82) is 0 Å². The number of hydrogen-bond acceptors (Lipinski definition) is 2. The minimum atomic E-state index is -0.147. The van der Waals surface area contributed by atoms with Crippen LogP contribution < -0.4 is 0 Å². The lowest BCUT2D eigenvalue weighted by Crippen LogP contribution is -2.37. The van der Waals surface area contributed by atoms with Crippen LogP contribution in [0.2, 0.25) is 0 Å². The summed E-state index contributed by atoms with van der Waals surface area (Å²) in [6.07, 6.45) is 19.6. The Morgan fingerprint density at radius 1 is 0.786 bits per heavy atom. The number of carbonyl (C=O) groups excluding carboxylic acids is 2. The summed E-state index contributed by atoms with van der Waals surface area (Å²) in [7, 11) is 0. The van der Waals surface area contributed by atoms with E-state index in [1.54, 1.807) is 12.1 Å². The maximum absolute atomic E-state index is 12.5. The molecule has 1 aliphatic rings. The van der Waals surface area contributed by atoms with Crippen molar-refractivity contribution < 1.29 is 9.59 Å². The van der Waals surface area contributed by atoms with Gasteiger partial charge in [0.15, 0.2) is 0 Å². The fourth-order valence-corrected chi connectivity index (χ4v) is 3.88. The van der Waals surface area contributed by atoms with Gasteiger partial charge in [0, 0.05) is 6.04 Å². The van der Waals surface area contributed by atoms with Crippen LogP contribution in [0.15, 0.2) is 36.4 Å². The molecule has 3 heteroatoms. The maximum Gasteiger partial charge on any atom is 0.261 e. The molecule has 28 heavy (non-hydrogen) atoms. The summed E-state index contributed by atoms with van der Waals surface area (Å²) in [5, 5.41) is 0. The molecule has 0 saturated carbocycles. The number of imide groups is 1. The van der Waals surface area contributed by atoms with E-state index in [1.807, 2.05) is 19.1 Å². The van der Waals surface area contributed by atoms with E-state index < -0.39 is 0 Å². The number of benzene rings is 1. The summed E-state index contributed by atoms with van der Waals surface area (Å²) in [6, 6.07) is 7.05. The van der Waals surface area contributed by atoms with Gasteiger partial charge in [-0.15, -0.1) is 0 Å². The number of fused-ring (bicyclic) bond motifs is 1. The Balaban J connectivity index is 1.55. The number of rotatable bonds is 14. The highest BCUT2D eigenvalue weighted by Crippen LogP contribution is 2.25. The Kier molecular flexibility index (Phi) is 10.0. The number of nitrogens with zero attached hydrogens (tertiary/aromatic N) is 1. The zero-order valence-corrected chi connectivity index (χ0v) is 17.8. The van der Waals surface area contributed by atoms with Gasteiger partial charge in [-0.2, -0.15) is 0 Å². The number of amides is 2. The molecular weight excluding hydrogens is 346 g/mol. The predicted octanol–water partition coefficient (Wildman–Crippen LogP) is 6.93. The van der Waals surface area contributed by atoms with Crippen molar-refractivity contribution >= 4 is 11.8 Å². The van der Waals surface area contributed by atoms with Crippen molar-refractivity contribution in [2.24, 2.45) is 0 Å². The second-order valence-corrected chi connectivity index (χ2v) is 8.04. The second kappa shape index (κ2) is 12.5. The molecule has 1 atom stereocenters. The van der Waals surface area contributed by atoms with Gasteiger partial charge in [0.05, 0.1) is 11.1 Å². The highest BCUT2D eigenvalue weighted by molar-refractivity contribution is 6.21. The van der Waals surface area contributed by atoms with Crippen molar-refractivity contribution in [3.63, 3.8) is 0 Å². The molecule has 1 aliphatic heterocycles. The molecule has 0 fully saturated rings.